The maximum Gasteiger partial charge on any atom is 0.410 e. The number of aromatic amines is 2. The number of hydrogen-bond donors (Lipinski definition) is 2. The molecule has 0 spiro atoms. The molecular formula is C44H42Cl4N10O6. The predicted octanol–water partition coefficient (Wildman–Crippen LogP) is 7.99. The number of likely N-dealkylation sites (tertiary alicyclic amines) is 4. The Labute approximate surface area is 387 Å². The van der Waals surface area contributed by atoms with Gasteiger partial charge in [0.15, 0.2) is 0 Å². The van der Waals surface area contributed by atoms with E-state index in [9.17, 15) is 19.2 Å². The second kappa shape index (κ2) is 18.8. The summed E-state index contributed by atoms with van der Waals surface area (Å²) in [6.45, 7) is 5.23. The Balaban J connectivity index is 0.000000162. The maximum atomic E-state index is 13.0. The molecule has 4 amide bonds. The summed E-state index contributed by atoms with van der Waals surface area (Å²) in [7, 11) is 0. The zero-order valence-electron chi connectivity index (χ0n) is 34.3. The number of carbonyl (C=O) groups is 4. The van der Waals surface area contributed by atoms with Gasteiger partial charge in [0, 0.05) is 83.6 Å². The molecule has 4 aliphatic heterocycles. The smallest absolute Gasteiger partial charge is 0.410 e. The molecule has 4 aromatic carbocycles. The lowest BCUT2D eigenvalue weighted by molar-refractivity contribution is 0.0720. The molecule has 4 aliphatic rings. The van der Waals surface area contributed by atoms with Crippen LogP contribution in [0.3, 0.4) is 0 Å². The second-order valence-electron chi connectivity index (χ2n) is 16.6. The molecule has 64 heavy (non-hydrogen) atoms. The van der Waals surface area contributed by atoms with E-state index in [1.54, 1.807) is 82.6 Å². The fourth-order valence-electron chi connectivity index (χ4n) is 9.17. The van der Waals surface area contributed by atoms with Crippen LogP contribution in [0.4, 0.5) is 9.59 Å². The first-order valence-electron chi connectivity index (χ1n) is 20.9. The van der Waals surface area contributed by atoms with Crippen LogP contribution in [0.25, 0.3) is 22.1 Å². The number of halogens is 4. The molecule has 0 radical (unpaired) electrons. The Morgan fingerprint density at radius 2 is 0.844 bits per heavy atom. The third-order valence-corrected chi connectivity index (χ3v) is 13.3. The maximum absolute atomic E-state index is 13.0. The number of amides is 4. The van der Waals surface area contributed by atoms with Crippen LogP contribution in [-0.2, 0) is 22.7 Å². The van der Waals surface area contributed by atoms with Crippen LogP contribution in [0.2, 0.25) is 20.1 Å². The van der Waals surface area contributed by atoms with Gasteiger partial charge in [-0.3, -0.25) is 9.59 Å². The normalized spacial score (nSPS) is 20.4. The number of nitrogens with zero attached hydrogens (tertiary/aromatic N) is 8. The number of H-pyrrole nitrogens is 2. The minimum Gasteiger partial charge on any atom is -0.445 e. The standard InChI is InChI=1S/2C22H21Cl2N5O3/c2*23-17-5-13(6-18(24)8-17)12-32-22(31)28-4-3-15-9-29(11-16(15)10-28)21(30)14-1-2-19-20(7-14)26-27-25-19/h2*1-2,5-8,15-16H,3-4,9-12H2,(H,25,26,27)/t2*15-,16+/m10/s1. The summed E-state index contributed by atoms with van der Waals surface area (Å²) in [6.07, 6.45) is 0.964. The van der Waals surface area contributed by atoms with Gasteiger partial charge in [0.25, 0.3) is 11.8 Å². The molecule has 0 unspecified atom stereocenters. The summed E-state index contributed by atoms with van der Waals surface area (Å²) in [5, 5.41) is 23.3. The Kier molecular flexibility index (Phi) is 12.8. The summed E-state index contributed by atoms with van der Waals surface area (Å²) in [6, 6.07) is 20.8. The Bertz CT molecular complexity index is 2510. The Morgan fingerprint density at radius 3 is 1.25 bits per heavy atom. The van der Waals surface area contributed by atoms with Crippen molar-refractivity contribution in [3.05, 3.63) is 115 Å². The van der Waals surface area contributed by atoms with Gasteiger partial charge in [0.1, 0.15) is 35.3 Å². The van der Waals surface area contributed by atoms with Gasteiger partial charge in [0.2, 0.25) is 0 Å². The van der Waals surface area contributed by atoms with Gasteiger partial charge in [-0.15, -0.1) is 0 Å². The molecule has 4 saturated heterocycles. The second-order valence-corrected chi connectivity index (χ2v) is 18.4. The average Bonchev–Trinajstić information content (AvgIpc) is 4.12. The molecule has 4 atom stereocenters. The molecule has 6 heterocycles. The highest BCUT2D eigenvalue weighted by Crippen LogP contribution is 2.34. The number of piperidine rings is 2. The van der Waals surface area contributed by atoms with Crippen molar-refractivity contribution in [3.8, 4) is 0 Å². The number of aromatic nitrogens is 6. The zero-order chi connectivity index (χ0) is 44.5. The van der Waals surface area contributed by atoms with Crippen LogP contribution >= 0.6 is 46.4 Å². The SMILES string of the molecule is O=C(OCc1cc(Cl)cc(Cl)c1)N1CC[C@@H]2CN(C(=O)c3ccc4n[nH]nc4c3)C[C@@H]2C1.O=C(OCc1cc(Cl)cc(Cl)c1)N1CC[C@H]2CN(C(=O)c3ccc4n[nH]nc4c3)C[C@H]2C1. The predicted molar refractivity (Wildman–Crippen MR) is 239 cm³/mol. The number of rotatable bonds is 6. The molecule has 2 N–H and O–H groups in total. The summed E-state index contributed by atoms with van der Waals surface area (Å²) < 4.78 is 11.0. The summed E-state index contributed by atoms with van der Waals surface area (Å²) in [5.74, 6) is 1.19. The molecule has 0 saturated carbocycles. The molecule has 0 bridgehead atoms. The molecule has 332 valence electrons. The zero-order valence-corrected chi connectivity index (χ0v) is 37.3. The first kappa shape index (κ1) is 43.6. The van der Waals surface area contributed by atoms with E-state index < -0.39 is 0 Å². The summed E-state index contributed by atoms with van der Waals surface area (Å²) >= 11 is 24.0. The molecule has 16 nitrogen and oxygen atoms in total. The molecule has 10 rings (SSSR count). The third kappa shape index (κ3) is 9.84. The first-order chi connectivity index (χ1) is 30.9. The van der Waals surface area contributed by atoms with Crippen LogP contribution < -0.4 is 0 Å². The van der Waals surface area contributed by atoms with Gasteiger partial charge in [-0.05, 0) is 120 Å². The lowest BCUT2D eigenvalue weighted by Crippen LogP contribution is -2.43. The number of nitrogens with one attached hydrogen (secondary N) is 2. The fourth-order valence-corrected chi connectivity index (χ4v) is 10.3. The highest BCUT2D eigenvalue weighted by molar-refractivity contribution is 6.35. The van der Waals surface area contributed by atoms with Crippen LogP contribution in [0.1, 0.15) is 44.7 Å². The number of benzene rings is 4. The Morgan fingerprint density at radius 1 is 0.484 bits per heavy atom. The number of ether oxygens (including phenoxy) is 2. The number of hydrogen-bond acceptors (Lipinski definition) is 10. The van der Waals surface area contributed by atoms with E-state index in [1.165, 1.54) is 0 Å². The van der Waals surface area contributed by atoms with Crippen molar-refractivity contribution >= 4 is 92.5 Å². The summed E-state index contributed by atoms with van der Waals surface area (Å²) in [5.41, 5.74) is 5.48. The number of carbonyl (C=O) groups excluding carboxylic acids is 4. The topological polar surface area (TPSA) is 183 Å². The van der Waals surface area contributed by atoms with Gasteiger partial charge < -0.3 is 29.1 Å². The molecule has 6 aromatic rings. The average molecular weight is 949 g/mol. The van der Waals surface area contributed by atoms with E-state index in [-0.39, 0.29) is 49.1 Å². The van der Waals surface area contributed by atoms with Crippen molar-refractivity contribution in [2.45, 2.75) is 26.1 Å². The third-order valence-electron chi connectivity index (χ3n) is 12.4. The Hall–Kier alpha value is -5.68. The molecular weight excluding hydrogens is 906 g/mol. The van der Waals surface area contributed by atoms with Gasteiger partial charge >= 0.3 is 12.2 Å². The van der Waals surface area contributed by atoms with Crippen molar-refractivity contribution in [1.82, 2.24) is 50.4 Å². The fraction of sp³-hybridized carbons (Fsp3) is 0.364. The van der Waals surface area contributed by atoms with Gasteiger partial charge in [-0.2, -0.15) is 30.8 Å². The largest absolute Gasteiger partial charge is 0.445 e. The molecule has 4 fully saturated rings. The molecule has 2 aromatic heterocycles. The monoisotopic (exact) mass is 946 g/mol. The summed E-state index contributed by atoms with van der Waals surface area (Å²) in [4.78, 5) is 58.5. The van der Waals surface area contributed by atoms with E-state index in [4.69, 9.17) is 55.9 Å². The van der Waals surface area contributed by atoms with Crippen molar-refractivity contribution in [2.75, 3.05) is 52.4 Å². The minimum atomic E-state index is -0.360. The molecule has 0 aliphatic carbocycles. The van der Waals surface area contributed by atoms with Crippen molar-refractivity contribution in [1.29, 1.82) is 0 Å². The first-order valence-corrected chi connectivity index (χ1v) is 22.4. The highest BCUT2D eigenvalue weighted by Gasteiger charge is 2.42. The van der Waals surface area contributed by atoms with Gasteiger partial charge in [-0.1, -0.05) is 46.4 Å². The van der Waals surface area contributed by atoms with E-state index in [0.29, 0.717) is 106 Å². The van der Waals surface area contributed by atoms with Gasteiger partial charge in [0.05, 0.1) is 0 Å². The lowest BCUT2D eigenvalue weighted by atomic mass is 9.89. The van der Waals surface area contributed by atoms with Crippen LogP contribution in [-0.4, -0.2) is 127 Å². The minimum absolute atomic E-state index is 0.0174. The number of fused-ring (bicyclic) bond motifs is 4. The highest BCUT2D eigenvalue weighted by atomic mass is 35.5. The van der Waals surface area contributed by atoms with Crippen LogP contribution in [0.5, 0.6) is 0 Å². The van der Waals surface area contributed by atoms with Crippen molar-refractivity contribution in [3.63, 3.8) is 0 Å². The van der Waals surface area contributed by atoms with Crippen LogP contribution in [0, 0.1) is 23.7 Å². The van der Waals surface area contributed by atoms with Gasteiger partial charge in [-0.25, -0.2) is 9.59 Å². The quantitative estimate of drug-likeness (QED) is 0.166. The van der Waals surface area contributed by atoms with E-state index in [0.717, 1.165) is 35.0 Å². The molecule has 20 heteroatoms. The van der Waals surface area contributed by atoms with Crippen molar-refractivity contribution in [2.24, 2.45) is 23.7 Å². The van der Waals surface area contributed by atoms with Crippen molar-refractivity contribution < 1.29 is 28.7 Å². The van der Waals surface area contributed by atoms with Crippen LogP contribution in [0.15, 0.2) is 72.8 Å². The lowest BCUT2D eigenvalue weighted by Gasteiger charge is -2.33. The van der Waals surface area contributed by atoms with E-state index in [2.05, 4.69) is 30.8 Å². The van der Waals surface area contributed by atoms with E-state index in [1.807, 2.05) is 9.80 Å². The van der Waals surface area contributed by atoms with E-state index >= 15 is 0 Å².